The molecule has 0 aliphatic carbocycles. The molecule has 3 rings (SSSR count). The summed E-state index contributed by atoms with van der Waals surface area (Å²) in [5.41, 5.74) is 2.45. The van der Waals surface area contributed by atoms with Gasteiger partial charge < -0.3 is 10.6 Å². The summed E-state index contributed by atoms with van der Waals surface area (Å²) < 4.78 is 1.79. The molecule has 0 saturated heterocycles. The second kappa shape index (κ2) is 8.12. The van der Waals surface area contributed by atoms with Crippen LogP contribution in [0.3, 0.4) is 0 Å². The van der Waals surface area contributed by atoms with E-state index in [0.717, 1.165) is 11.3 Å². The quantitative estimate of drug-likeness (QED) is 0.497. The maximum Gasteiger partial charge on any atom is 0.176 e. The third-order valence-electron chi connectivity index (χ3n) is 3.72. The summed E-state index contributed by atoms with van der Waals surface area (Å²) in [7, 11) is 0. The van der Waals surface area contributed by atoms with Crippen LogP contribution in [0.1, 0.15) is 22.8 Å². The first-order valence-corrected chi connectivity index (χ1v) is 8.76. The number of nitrogens with zero attached hydrogens (tertiary/aromatic N) is 2. The largest absolute Gasteiger partial charge is 0.332 e. The zero-order valence-electron chi connectivity index (χ0n) is 14.1. The smallest absolute Gasteiger partial charge is 0.176 e. The molecule has 3 aromatic rings. The number of nitrogens with one attached hydrogen (secondary N) is 2. The van der Waals surface area contributed by atoms with Gasteiger partial charge in [0.1, 0.15) is 0 Å². The molecule has 132 valence electrons. The highest BCUT2D eigenvalue weighted by molar-refractivity contribution is 7.80. The molecule has 5 nitrogen and oxygen atoms in total. The number of thiocarbonyl (C=S) groups is 1. The maximum atomic E-state index is 11.3. The number of anilines is 2. The maximum absolute atomic E-state index is 11.3. The first-order chi connectivity index (χ1) is 12.5. The lowest BCUT2D eigenvalue weighted by molar-refractivity contribution is 0.101. The van der Waals surface area contributed by atoms with Crippen LogP contribution in [0.25, 0.3) is 0 Å². The van der Waals surface area contributed by atoms with Gasteiger partial charge in [0, 0.05) is 28.5 Å². The minimum atomic E-state index is 0.0290. The Balaban J connectivity index is 1.59. The van der Waals surface area contributed by atoms with Crippen LogP contribution in [0, 0.1) is 0 Å². The zero-order valence-corrected chi connectivity index (χ0v) is 15.6. The molecule has 0 amide bonds. The normalized spacial score (nSPS) is 10.4. The highest BCUT2D eigenvalue weighted by Crippen LogP contribution is 2.16. The van der Waals surface area contributed by atoms with Gasteiger partial charge in [-0.1, -0.05) is 29.8 Å². The van der Waals surface area contributed by atoms with Crippen molar-refractivity contribution in [3.05, 3.63) is 76.9 Å². The molecule has 0 aliphatic rings. The fourth-order valence-electron chi connectivity index (χ4n) is 2.38. The summed E-state index contributed by atoms with van der Waals surface area (Å²) >= 11 is 11.5. The van der Waals surface area contributed by atoms with Gasteiger partial charge in [-0.2, -0.15) is 5.10 Å². The number of benzene rings is 2. The van der Waals surface area contributed by atoms with E-state index in [0.29, 0.717) is 28.1 Å². The summed E-state index contributed by atoms with van der Waals surface area (Å²) in [6, 6.07) is 16.6. The molecule has 7 heteroatoms. The molecule has 1 heterocycles. The average molecular weight is 385 g/mol. The second-order valence-electron chi connectivity index (χ2n) is 5.70. The third kappa shape index (κ3) is 4.68. The summed E-state index contributed by atoms with van der Waals surface area (Å²) in [6.45, 7) is 2.11. The average Bonchev–Trinajstić information content (AvgIpc) is 3.04. The van der Waals surface area contributed by atoms with E-state index < -0.39 is 0 Å². The van der Waals surface area contributed by atoms with Gasteiger partial charge in [0.05, 0.1) is 6.54 Å². The van der Waals surface area contributed by atoms with E-state index in [4.69, 9.17) is 23.8 Å². The minimum Gasteiger partial charge on any atom is -0.332 e. The SMILES string of the molecule is CC(=O)c1ccc(NC(=S)Nc2ccn(Cc3ccccc3Cl)n2)cc1. The topological polar surface area (TPSA) is 59.0 Å². The Kier molecular flexibility index (Phi) is 5.65. The number of hydrogen-bond acceptors (Lipinski definition) is 3. The van der Waals surface area contributed by atoms with Crippen LogP contribution >= 0.6 is 23.8 Å². The van der Waals surface area contributed by atoms with Gasteiger partial charge in [0.25, 0.3) is 0 Å². The summed E-state index contributed by atoms with van der Waals surface area (Å²) in [5.74, 6) is 0.663. The van der Waals surface area contributed by atoms with Crippen molar-refractivity contribution in [2.75, 3.05) is 10.6 Å². The number of carbonyl (C=O) groups excluding carboxylic acids is 1. The Morgan fingerprint density at radius 1 is 1.12 bits per heavy atom. The van der Waals surface area contributed by atoms with Gasteiger partial charge in [-0.05, 0) is 55.0 Å². The molecule has 2 N–H and O–H groups in total. The lowest BCUT2D eigenvalue weighted by atomic mass is 10.1. The monoisotopic (exact) mass is 384 g/mol. The van der Waals surface area contributed by atoms with E-state index in [1.54, 1.807) is 28.9 Å². The van der Waals surface area contributed by atoms with Crippen LogP contribution < -0.4 is 10.6 Å². The van der Waals surface area contributed by atoms with Crippen LogP contribution in [0.5, 0.6) is 0 Å². The minimum absolute atomic E-state index is 0.0290. The van der Waals surface area contributed by atoms with Crippen LogP contribution in [0.4, 0.5) is 11.5 Å². The van der Waals surface area contributed by atoms with Gasteiger partial charge in [-0.15, -0.1) is 0 Å². The molecule has 0 fully saturated rings. The predicted octanol–water partition coefficient (Wildman–Crippen LogP) is 4.60. The highest BCUT2D eigenvalue weighted by Gasteiger charge is 2.05. The number of Topliss-reactive ketones (excluding diaryl/α,β-unsaturated/α-hetero) is 1. The van der Waals surface area contributed by atoms with Crippen LogP contribution in [-0.2, 0) is 6.54 Å². The number of ketones is 1. The molecule has 1 aromatic heterocycles. The van der Waals surface area contributed by atoms with E-state index >= 15 is 0 Å². The molecule has 0 unspecified atom stereocenters. The van der Waals surface area contributed by atoms with Crippen molar-refractivity contribution < 1.29 is 4.79 Å². The van der Waals surface area contributed by atoms with Crippen molar-refractivity contribution >= 4 is 46.2 Å². The zero-order chi connectivity index (χ0) is 18.5. The molecular weight excluding hydrogens is 368 g/mol. The standard InChI is InChI=1S/C19H17ClN4OS/c1-13(25)14-6-8-16(9-7-14)21-19(26)22-18-10-11-24(23-18)12-15-4-2-3-5-17(15)20/h2-11H,12H2,1H3,(H2,21,22,23,26). The van der Waals surface area contributed by atoms with Crippen LogP contribution in [0.2, 0.25) is 5.02 Å². The van der Waals surface area contributed by atoms with Crippen molar-refractivity contribution in [2.45, 2.75) is 13.5 Å². The fraction of sp³-hybridized carbons (Fsp3) is 0.105. The first kappa shape index (κ1) is 18.1. The number of halogens is 1. The Morgan fingerprint density at radius 2 is 1.85 bits per heavy atom. The molecule has 0 spiro atoms. The summed E-state index contributed by atoms with van der Waals surface area (Å²) in [5, 5.41) is 11.7. The molecule has 0 atom stereocenters. The second-order valence-corrected chi connectivity index (χ2v) is 6.52. The predicted molar refractivity (Wildman–Crippen MR) is 109 cm³/mol. The van der Waals surface area contributed by atoms with Crippen LogP contribution in [0.15, 0.2) is 60.8 Å². The fourth-order valence-corrected chi connectivity index (χ4v) is 2.80. The molecule has 0 bridgehead atoms. The van der Waals surface area contributed by atoms with E-state index in [9.17, 15) is 4.79 Å². The Bertz CT molecular complexity index is 937. The molecule has 0 radical (unpaired) electrons. The first-order valence-electron chi connectivity index (χ1n) is 7.97. The van der Waals surface area contributed by atoms with Gasteiger partial charge in [0.15, 0.2) is 16.7 Å². The van der Waals surface area contributed by atoms with Gasteiger partial charge in [0.2, 0.25) is 0 Å². The van der Waals surface area contributed by atoms with Crippen molar-refractivity contribution in [2.24, 2.45) is 0 Å². The number of carbonyl (C=O) groups is 1. The molecule has 2 aromatic carbocycles. The highest BCUT2D eigenvalue weighted by atomic mass is 35.5. The van der Waals surface area contributed by atoms with Gasteiger partial charge >= 0.3 is 0 Å². The lowest BCUT2D eigenvalue weighted by Gasteiger charge is -2.09. The van der Waals surface area contributed by atoms with E-state index in [1.165, 1.54) is 6.92 Å². The Morgan fingerprint density at radius 3 is 2.54 bits per heavy atom. The number of rotatable bonds is 5. The van der Waals surface area contributed by atoms with Crippen LogP contribution in [-0.4, -0.2) is 20.7 Å². The number of hydrogen-bond donors (Lipinski definition) is 2. The molecule has 0 aliphatic heterocycles. The third-order valence-corrected chi connectivity index (χ3v) is 4.29. The molecule has 0 saturated carbocycles. The Hall–Kier alpha value is -2.70. The lowest BCUT2D eigenvalue weighted by Crippen LogP contribution is -2.19. The van der Waals surface area contributed by atoms with Crippen molar-refractivity contribution in [3.63, 3.8) is 0 Å². The van der Waals surface area contributed by atoms with Crippen molar-refractivity contribution in [1.29, 1.82) is 0 Å². The van der Waals surface area contributed by atoms with Crippen molar-refractivity contribution in [3.8, 4) is 0 Å². The Labute approximate surface area is 162 Å². The number of aromatic nitrogens is 2. The molecule has 26 heavy (non-hydrogen) atoms. The van der Waals surface area contributed by atoms with Crippen molar-refractivity contribution in [1.82, 2.24) is 9.78 Å². The van der Waals surface area contributed by atoms with Gasteiger partial charge in [-0.3, -0.25) is 9.48 Å². The van der Waals surface area contributed by atoms with E-state index in [1.807, 2.05) is 36.5 Å². The van der Waals surface area contributed by atoms with E-state index in [2.05, 4.69) is 15.7 Å². The summed E-state index contributed by atoms with van der Waals surface area (Å²) in [4.78, 5) is 11.3. The summed E-state index contributed by atoms with van der Waals surface area (Å²) in [6.07, 6.45) is 1.86. The molecular formula is C19H17ClN4OS. The van der Waals surface area contributed by atoms with Gasteiger partial charge in [-0.25, -0.2) is 0 Å². The van der Waals surface area contributed by atoms with E-state index in [-0.39, 0.29) is 5.78 Å².